The molecule has 2 aromatic rings. The van der Waals surface area contributed by atoms with Gasteiger partial charge in [0.2, 0.25) is 0 Å². The number of cyclic esters (lactones) is 1. The van der Waals surface area contributed by atoms with Crippen molar-refractivity contribution in [2.24, 2.45) is 5.92 Å². The maximum Gasteiger partial charge on any atom is 0.310 e. The summed E-state index contributed by atoms with van der Waals surface area (Å²) in [7, 11) is 0. The van der Waals surface area contributed by atoms with Crippen LogP contribution < -0.4 is 0 Å². The number of carbonyl (C=O) groups excluding carboxylic acids is 1. The summed E-state index contributed by atoms with van der Waals surface area (Å²) in [5, 5.41) is 0. The first kappa shape index (κ1) is 20.5. The molecule has 0 N–H and O–H groups in total. The minimum absolute atomic E-state index is 0. The third-order valence-electron chi connectivity index (χ3n) is 5.31. The van der Waals surface area contributed by atoms with Crippen molar-refractivity contribution in [1.82, 2.24) is 4.90 Å². The van der Waals surface area contributed by atoms with Gasteiger partial charge < -0.3 is 9.64 Å². The molecule has 1 aliphatic rings. The van der Waals surface area contributed by atoms with Gasteiger partial charge in [0.15, 0.2) is 5.60 Å². The number of ether oxygens (including phenoxy) is 1. The minimum atomic E-state index is -0.659. The first-order valence-electron chi connectivity index (χ1n) is 9.26. The summed E-state index contributed by atoms with van der Waals surface area (Å²) in [6, 6.07) is 20.3. The molecule has 0 spiro atoms. The zero-order valence-electron chi connectivity index (χ0n) is 15.6. The molecule has 4 heteroatoms. The highest BCUT2D eigenvalue weighted by molar-refractivity contribution is 5.85. The maximum absolute atomic E-state index is 12.7. The molecule has 3 nitrogen and oxygen atoms in total. The van der Waals surface area contributed by atoms with Gasteiger partial charge >= 0.3 is 5.97 Å². The summed E-state index contributed by atoms with van der Waals surface area (Å²) in [4.78, 5) is 15.0. The minimum Gasteiger partial charge on any atom is -0.449 e. The van der Waals surface area contributed by atoms with Crippen molar-refractivity contribution in [2.45, 2.75) is 32.3 Å². The van der Waals surface area contributed by atoms with E-state index in [9.17, 15) is 4.79 Å². The van der Waals surface area contributed by atoms with Crippen LogP contribution in [-0.2, 0) is 15.1 Å². The molecular formula is C22H28ClNO2. The fourth-order valence-corrected chi connectivity index (χ4v) is 3.76. The number of hydrogen-bond acceptors (Lipinski definition) is 3. The van der Waals surface area contributed by atoms with Gasteiger partial charge in [-0.25, -0.2) is 0 Å². The third-order valence-corrected chi connectivity index (χ3v) is 5.31. The Labute approximate surface area is 162 Å². The van der Waals surface area contributed by atoms with E-state index in [4.69, 9.17) is 4.74 Å². The molecule has 1 aliphatic heterocycles. The van der Waals surface area contributed by atoms with E-state index >= 15 is 0 Å². The molecule has 140 valence electrons. The van der Waals surface area contributed by atoms with Crippen molar-refractivity contribution in [3.8, 4) is 0 Å². The second-order valence-electron chi connectivity index (χ2n) is 6.70. The standard InChI is InChI=1S/C22H27NO2.ClH/c1-3-23(4-2)16-15-18-17-22(25-21(18)24,19-11-7-5-8-12-19)20-13-9-6-10-14-20;/h5-14,18H,3-4,15-17H2,1-2H3;1H. The molecule has 1 atom stereocenters. The monoisotopic (exact) mass is 373 g/mol. The molecule has 1 saturated heterocycles. The summed E-state index contributed by atoms with van der Waals surface area (Å²) in [6.45, 7) is 7.29. The fraction of sp³-hybridized carbons (Fsp3) is 0.409. The van der Waals surface area contributed by atoms with Crippen LogP contribution in [0.5, 0.6) is 0 Å². The van der Waals surface area contributed by atoms with E-state index in [0.29, 0.717) is 6.42 Å². The Balaban J connectivity index is 0.00000243. The molecule has 26 heavy (non-hydrogen) atoms. The predicted molar refractivity (Wildman–Crippen MR) is 108 cm³/mol. The van der Waals surface area contributed by atoms with Gasteiger partial charge in [0.25, 0.3) is 0 Å². The van der Waals surface area contributed by atoms with Crippen LogP contribution in [0.1, 0.15) is 37.8 Å². The van der Waals surface area contributed by atoms with E-state index in [1.165, 1.54) is 0 Å². The van der Waals surface area contributed by atoms with Gasteiger partial charge in [-0.2, -0.15) is 0 Å². The molecule has 0 bridgehead atoms. The predicted octanol–water partition coefficient (Wildman–Crippen LogP) is 4.65. The molecule has 1 unspecified atom stereocenters. The number of halogens is 1. The summed E-state index contributed by atoms with van der Waals surface area (Å²) >= 11 is 0. The number of benzene rings is 2. The molecular weight excluding hydrogens is 346 g/mol. The van der Waals surface area contributed by atoms with E-state index in [1.54, 1.807) is 0 Å². The highest BCUT2D eigenvalue weighted by Crippen LogP contribution is 2.46. The van der Waals surface area contributed by atoms with Crippen molar-refractivity contribution in [1.29, 1.82) is 0 Å². The van der Waals surface area contributed by atoms with Crippen LogP contribution in [0.4, 0.5) is 0 Å². The van der Waals surface area contributed by atoms with Crippen LogP contribution in [0, 0.1) is 5.92 Å². The molecule has 1 fully saturated rings. The Morgan fingerprint density at radius 3 is 1.92 bits per heavy atom. The quantitative estimate of drug-likeness (QED) is 0.662. The van der Waals surface area contributed by atoms with Gasteiger partial charge in [-0.1, -0.05) is 74.5 Å². The van der Waals surface area contributed by atoms with Gasteiger partial charge in [-0.3, -0.25) is 4.79 Å². The van der Waals surface area contributed by atoms with Crippen molar-refractivity contribution in [2.75, 3.05) is 19.6 Å². The van der Waals surface area contributed by atoms with E-state index < -0.39 is 5.60 Å². The lowest BCUT2D eigenvalue weighted by molar-refractivity contribution is -0.149. The molecule has 0 aliphatic carbocycles. The third kappa shape index (κ3) is 4.11. The first-order valence-corrected chi connectivity index (χ1v) is 9.26. The molecule has 0 saturated carbocycles. The lowest BCUT2D eigenvalue weighted by Gasteiger charge is -2.29. The number of rotatable bonds is 7. The molecule has 2 aromatic carbocycles. The molecule has 0 aromatic heterocycles. The summed E-state index contributed by atoms with van der Waals surface area (Å²) in [5.41, 5.74) is 1.45. The Kier molecular flexibility index (Phi) is 7.24. The molecule has 3 rings (SSSR count). The van der Waals surface area contributed by atoms with Crippen LogP contribution in [0.25, 0.3) is 0 Å². The van der Waals surface area contributed by atoms with Crippen LogP contribution in [0.15, 0.2) is 60.7 Å². The van der Waals surface area contributed by atoms with Gasteiger partial charge in [-0.15, -0.1) is 12.4 Å². The smallest absolute Gasteiger partial charge is 0.310 e. The van der Waals surface area contributed by atoms with E-state index in [0.717, 1.165) is 37.2 Å². The van der Waals surface area contributed by atoms with Crippen molar-refractivity contribution in [3.63, 3.8) is 0 Å². The highest BCUT2D eigenvalue weighted by Gasteiger charge is 2.48. The zero-order valence-corrected chi connectivity index (χ0v) is 16.4. The summed E-state index contributed by atoms with van der Waals surface area (Å²) in [6.07, 6.45) is 1.56. The Hall–Kier alpha value is -1.84. The Bertz CT molecular complexity index is 646. The number of hydrogen-bond donors (Lipinski definition) is 0. The Morgan fingerprint density at radius 2 is 1.46 bits per heavy atom. The lowest BCUT2D eigenvalue weighted by Crippen LogP contribution is -2.27. The molecule has 0 radical (unpaired) electrons. The van der Waals surface area contributed by atoms with Gasteiger partial charge in [-0.05, 0) is 26.1 Å². The van der Waals surface area contributed by atoms with E-state index in [-0.39, 0.29) is 24.3 Å². The Morgan fingerprint density at radius 1 is 0.962 bits per heavy atom. The summed E-state index contributed by atoms with van der Waals surface area (Å²) < 4.78 is 6.08. The summed E-state index contributed by atoms with van der Waals surface area (Å²) in [5.74, 6) is -0.124. The average Bonchev–Trinajstić information content (AvgIpc) is 3.02. The van der Waals surface area contributed by atoms with Crippen LogP contribution in [0.2, 0.25) is 0 Å². The van der Waals surface area contributed by atoms with Crippen molar-refractivity contribution in [3.05, 3.63) is 71.8 Å². The second-order valence-corrected chi connectivity index (χ2v) is 6.70. The van der Waals surface area contributed by atoms with Crippen molar-refractivity contribution >= 4 is 18.4 Å². The zero-order chi connectivity index (χ0) is 17.7. The number of nitrogens with zero attached hydrogens (tertiary/aromatic N) is 1. The second kappa shape index (κ2) is 9.20. The molecule has 0 amide bonds. The molecule has 1 heterocycles. The van der Waals surface area contributed by atoms with Gasteiger partial charge in [0.05, 0.1) is 5.92 Å². The van der Waals surface area contributed by atoms with Crippen LogP contribution in [0.3, 0.4) is 0 Å². The topological polar surface area (TPSA) is 29.5 Å². The van der Waals surface area contributed by atoms with E-state index in [1.807, 2.05) is 36.4 Å². The lowest BCUT2D eigenvalue weighted by atomic mass is 9.81. The number of carbonyl (C=O) groups is 1. The van der Waals surface area contributed by atoms with Gasteiger partial charge in [0.1, 0.15) is 0 Å². The van der Waals surface area contributed by atoms with Crippen molar-refractivity contribution < 1.29 is 9.53 Å². The maximum atomic E-state index is 12.7. The fourth-order valence-electron chi connectivity index (χ4n) is 3.76. The van der Waals surface area contributed by atoms with Crippen LogP contribution in [-0.4, -0.2) is 30.5 Å². The normalized spacial score (nSPS) is 18.4. The van der Waals surface area contributed by atoms with E-state index in [2.05, 4.69) is 43.0 Å². The van der Waals surface area contributed by atoms with Gasteiger partial charge in [0, 0.05) is 17.5 Å². The SMILES string of the molecule is CCN(CC)CCC1CC(c2ccccc2)(c2ccccc2)OC1=O.Cl. The number of esters is 1. The largest absolute Gasteiger partial charge is 0.449 e. The highest BCUT2D eigenvalue weighted by atomic mass is 35.5. The van der Waals surface area contributed by atoms with Crippen LogP contribution >= 0.6 is 12.4 Å². The first-order chi connectivity index (χ1) is 12.2. The average molecular weight is 374 g/mol.